The first-order chi connectivity index (χ1) is 17.2. The number of fused-ring (bicyclic) bond motifs is 4. The van der Waals surface area contributed by atoms with Crippen LogP contribution in [-0.4, -0.2) is 56.7 Å². The van der Waals surface area contributed by atoms with Gasteiger partial charge in [0.1, 0.15) is 11.5 Å². The lowest BCUT2D eigenvalue weighted by atomic mass is 9.57. The highest BCUT2D eigenvalue weighted by Crippen LogP contribution is 2.59. The summed E-state index contributed by atoms with van der Waals surface area (Å²) in [6.45, 7) is 11.1. The average molecular weight is 509 g/mol. The van der Waals surface area contributed by atoms with Crippen molar-refractivity contribution in [1.29, 1.82) is 0 Å². The van der Waals surface area contributed by atoms with E-state index in [1.807, 2.05) is 47.6 Å². The van der Waals surface area contributed by atoms with Crippen LogP contribution in [-0.2, 0) is 19.2 Å². The molecule has 0 aromatic heterocycles. The molecule has 2 aliphatic heterocycles. The molecule has 37 heavy (non-hydrogen) atoms. The molecule has 0 spiro atoms. The molecule has 3 fully saturated rings. The van der Waals surface area contributed by atoms with Crippen LogP contribution >= 0.6 is 0 Å². The number of carbonyl (C=O) groups excluding carboxylic acids is 4. The molecule has 2 heterocycles. The fourth-order valence-electron chi connectivity index (χ4n) is 7.22. The van der Waals surface area contributed by atoms with Gasteiger partial charge in [0, 0.05) is 28.6 Å². The zero-order chi connectivity index (χ0) is 27.2. The molecular formula is C29H36N2O6. The number of hydrogen-bond donors (Lipinski definition) is 1. The second kappa shape index (κ2) is 8.17. The van der Waals surface area contributed by atoms with E-state index in [1.54, 1.807) is 12.1 Å². The van der Waals surface area contributed by atoms with Crippen LogP contribution in [0.15, 0.2) is 29.8 Å². The Hall–Kier alpha value is -3.16. The van der Waals surface area contributed by atoms with E-state index in [2.05, 4.69) is 0 Å². The zero-order valence-corrected chi connectivity index (χ0v) is 22.6. The minimum Gasteiger partial charge on any atom is -0.508 e. The Labute approximate surface area is 217 Å². The Morgan fingerprint density at radius 3 is 1.95 bits per heavy atom. The van der Waals surface area contributed by atoms with Crippen molar-refractivity contribution < 1.29 is 29.0 Å². The minimum absolute atomic E-state index is 0.0322. The van der Waals surface area contributed by atoms with Crippen LogP contribution in [0, 0.1) is 29.6 Å². The number of phenols is 1. The van der Waals surface area contributed by atoms with Crippen LogP contribution in [0.5, 0.6) is 11.5 Å². The van der Waals surface area contributed by atoms with E-state index in [4.69, 9.17) is 4.74 Å². The fraction of sp³-hybridized carbons (Fsp3) is 0.586. The highest BCUT2D eigenvalue weighted by atomic mass is 16.5. The smallest absolute Gasteiger partial charge is 0.234 e. The van der Waals surface area contributed by atoms with Crippen LogP contribution in [0.4, 0.5) is 0 Å². The monoisotopic (exact) mass is 508 g/mol. The minimum atomic E-state index is -0.695. The third-order valence-corrected chi connectivity index (χ3v) is 8.54. The number of aromatic hydroxyl groups is 1. The summed E-state index contributed by atoms with van der Waals surface area (Å²) in [6.07, 6.45) is 2.78. The second-order valence-corrected chi connectivity index (χ2v) is 12.8. The molecule has 6 atom stereocenters. The number of phenolic OH excluding ortho intramolecular Hbond substituents is 1. The number of rotatable bonds is 2. The lowest BCUT2D eigenvalue weighted by Gasteiger charge is -2.44. The number of benzene rings is 1. The summed E-state index contributed by atoms with van der Waals surface area (Å²) in [4.78, 5) is 57.6. The van der Waals surface area contributed by atoms with Gasteiger partial charge in [-0.2, -0.15) is 0 Å². The summed E-state index contributed by atoms with van der Waals surface area (Å²) in [5.41, 5.74) is 0.274. The molecule has 8 nitrogen and oxygen atoms in total. The molecule has 1 saturated carbocycles. The number of amides is 4. The number of imide groups is 2. The summed E-state index contributed by atoms with van der Waals surface area (Å²) >= 11 is 0. The molecule has 5 rings (SSSR count). The predicted molar refractivity (Wildman–Crippen MR) is 135 cm³/mol. The Morgan fingerprint density at radius 2 is 1.38 bits per heavy atom. The Kier molecular flexibility index (Phi) is 5.63. The SMILES string of the molecule is COc1cc(O)ccc1C1C2=CCC3C(=O)N(C(C)(C)C)C(=O)C3C2CC2C(=O)N(C(C)(C)C)C(=O)C21. The van der Waals surface area contributed by atoms with Gasteiger partial charge in [-0.1, -0.05) is 17.7 Å². The lowest BCUT2D eigenvalue weighted by molar-refractivity contribution is -0.147. The Morgan fingerprint density at radius 1 is 0.811 bits per heavy atom. The van der Waals surface area contributed by atoms with Crippen molar-refractivity contribution in [2.24, 2.45) is 29.6 Å². The van der Waals surface area contributed by atoms with Gasteiger partial charge >= 0.3 is 0 Å². The van der Waals surface area contributed by atoms with Gasteiger partial charge in [-0.25, -0.2) is 0 Å². The van der Waals surface area contributed by atoms with Crippen LogP contribution in [0.3, 0.4) is 0 Å². The Balaban J connectivity index is 1.68. The maximum absolute atomic E-state index is 13.9. The second-order valence-electron chi connectivity index (χ2n) is 12.8. The van der Waals surface area contributed by atoms with Gasteiger partial charge in [0.25, 0.3) is 0 Å². The zero-order valence-electron chi connectivity index (χ0n) is 22.6. The fourth-order valence-corrected chi connectivity index (χ4v) is 7.22. The molecule has 0 bridgehead atoms. The first-order valence-corrected chi connectivity index (χ1v) is 13.0. The lowest BCUT2D eigenvalue weighted by Crippen LogP contribution is -2.47. The van der Waals surface area contributed by atoms with Crippen molar-refractivity contribution in [1.82, 2.24) is 9.80 Å². The van der Waals surface area contributed by atoms with Crippen molar-refractivity contribution in [3.05, 3.63) is 35.4 Å². The number of allylic oxidation sites excluding steroid dienone is 2. The molecule has 2 aliphatic carbocycles. The van der Waals surface area contributed by atoms with Crippen molar-refractivity contribution in [3.8, 4) is 11.5 Å². The largest absolute Gasteiger partial charge is 0.508 e. The third kappa shape index (κ3) is 3.62. The maximum atomic E-state index is 13.9. The first kappa shape index (κ1) is 25.5. The van der Waals surface area contributed by atoms with Crippen LogP contribution in [0.25, 0.3) is 0 Å². The summed E-state index contributed by atoms with van der Waals surface area (Å²) in [5, 5.41) is 10.1. The molecule has 1 N–H and O–H groups in total. The van der Waals surface area contributed by atoms with E-state index in [0.717, 1.165) is 5.57 Å². The normalized spacial score (nSPS) is 31.8. The van der Waals surface area contributed by atoms with E-state index >= 15 is 0 Å². The highest BCUT2D eigenvalue weighted by Gasteiger charge is 2.63. The Bertz CT molecular complexity index is 1240. The molecule has 8 heteroatoms. The van der Waals surface area contributed by atoms with Gasteiger partial charge < -0.3 is 9.84 Å². The quantitative estimate of drug-likeness (QED) is 0.483. The molecule has 4 aliphatic rings. The van der Waals surface area contributed by atoms with E-state index < -0.39 is 40.7 Å². The van der Waals surface area contributed by atoms with Gasteiger partial charge in [-0.3, -0.25) is 29.0 Å². The summed E-state index contributed by atoms with van der Waals surface area (Å²) < 4.78 is 5.62. The summed E-state index contributed by atoms with van der Waals surface area (Å²) in [6, 6.07) is 4.80. The summed E-state index contributed by atoms with van der Waals surface area (Å²) in [5.74, 6) is -3.49. The molecule has 6 unspecified atom stereocenters. The van der Waals surface area contributed by atoms with Crippen LogP contribution in [0.1, 0.15) is 65.9 Å². The molecule has 1 aromatic rings. The molecule has 1 aromatic carbocycles. The van der Waals surface area contributed by atoms with Crippen molar-refractivity contribution >= 4 is 23.6 Å². The topological polar surface area (TPSA) is 104 Å². The van der Waals surface area contributed by atoms with E-state index in [0.29, 0.717) is 24.2 Å². The molecule has 198 valence electrons. The predicted octanol–water partition coefficient (Wildman–Crippen LogP) is 3.63. The number of nitrogens with zero attached hydrogens (tertiary/aromatic N) is 2. The highest BCUT2D eigenvalue weighted by molar-refractivity contribution is 6.08. The van der Waals surface area contributed by atoms with Crippen LogP contribution in [0.2, 0.25) is 0 Å². The summed E-state index contributed by atoms with van der Waals surface area (Å²) in [7, 11) is 1.50. The van der Waals surface area contributed by atoms with E-state index in [1.165, 1.54) is 23.0 Å². The van der Waals surface area contributed by atoms with Gasteiger partial charge in [0.2, 0.25) is 23.6 Å². The third-order valence-electron chi connectivity index (χ3n) is 8.54. The number of likely N-dealkylation sites (tertiary alicyclic amines) is 2. The van der Waals surface area contributed by atoms with Gasteiger partial charge in [-0.05, 0) is 66.4 Å². The number of carbonyl (C=O) groups is 4. The van der Waals surface area contributed by atoms with Crippen molar-refractivity contribution in [2.75, 3.05) is 7.11 Å². The first-order valence-electron chi connectivity index (χ1n) is 13.0. The maximum Gasteiger partial charge on any atom is 0.234 e. The number of ether oxygens (including phenoxy) is 1. The number of hydrogen-bond acceptors (Lipinski definition) is 6. The van der Waals surface area contributed by atoms with Gasteiger partial charge in [0.05, 0.1) is 30.8 Å². The molecule has 4 amide bonds. The van der Waals surface area contributed by atoms with Gasteiger partial charge in [-0.15, -0.1) is 0 Å². The number of methoxy groups -OCH3 is 1. The van der Waals surface area contributed by atoms with Crippen LogP contribution < -0.4 is 4.74 Å². The molecule has 2 saturated heterocycles. The van der Waals surface area contributed by atoms with Crippen molar-refractivity contribution in [2.45, 2.75) is 71.4 Å². The molecular weight excluding hydrogens is 472 g/mol. The van der Waals surface area contributed by atoms with Gasteiger partial charge in [0.15, 0.2) is 0 Å². The average Bonchev–Trinajstić information content (AvgIpc) is 3.21. The van der Waals surface area contributed by atoms with E-state index in [9.17, 15) is 24.3 Å². The van der Waals surface area contributed by atoms with Crippen molar-refractivity contribution in [3.63, 3.8) is 0 Å². The van der Waals surface area contributed by atoms with E-state index in [-0.39, 0.29) is 35.3 Å². The molecule has 0 radical (unpaired) electrons. The standard InChI is InChI=1S/C29H36N2O6/c1-28(2,3)30-24(33)17-11-10-15-18(22(17)26(30)35)13-19-23(27(36)31(25(19)34)29(4,5)6)21(15)16-9-8-14(32)12-20(16)37-7/h8-10,12,17-19,21-23,32H,11,13H2,1-7H3.